The summed E-state index contributed by atoms with van der Waals surface area (Å²) in [4.78, 5) is 0. The lowest BCUT2D eigenvalue weighted by molar-refractivity contribution is 0.280. The van der Waals surface area contributed by atoms with Crippen LogP contribution in [0.5, 0.6) is 5.75 Å². The fraction of sp³-hybridized carbons (Fsp3) is 0.571. The van der Waals surface area contributed by atoms with Crippen molar-refractivity contribution in [3.8, 4) is 5.75 Å². The summed E-state index contributed by atoms with van der Waals surface area (Å²) in [5.41, 5.74) is 0.543. The van der Waals surface area contributed by atoms with Gasteiger partial charge in [-0.05, 0) is 24.8 Å². The van der Waals surface area contributed by atoms with E-state index in [4.69, 9.17) is 4.74 Å². The first-order valence-electron chi connectivity index (χ1n) is 6.40. The van der Waals surface area contributed by atoms with Gasteiger partial charge in [-0.1, -0.05) is 13.8 Å². The predicted molar refractivity (Wildman–Crippen MR) is 66.6 cm³/mol. The average Bonchev–Trinajstić information content (AvgIpc) is 3.08. The first kappa shape index (κ1) is 13.3. The Balaban J connectivity index is 2.11. The second-order valence-corrected chi connectivity index (χ2v) is 5.17. The lowest BCUT2D eigenvalue weighted by Gasteiger charge is -2.14. The van der Waals surface area contributed by atoms with Gasteiger partial charge in [0.15, 0.2) is 11.6 Å². The van der Waals surface area contributed by atoms with Crippen molar-refractivity contribution in [3.63, 3.8) is 0 Å². The zero-order valence-corrected chi connectivity index (χ0v) is 10.8. The number of hydrogen-bond acceptors (Lipinski definition) is 2. The summed E-state index contributed by atoms with van der Waals surface area (Å²) in [6.07, 6.45) is 2.28. The van der Waals surface area contributed by atoms with Gasteiger partial charge < -0.3 is 10.1 Å². The van der Waals surface area contributed by atoms with Crippen molar-refractivity contribution >= 4 is 0 Å². The Kier molecular flexibility index (Phi) is 4.17. The molecule has 0 saturated heterocycles. The van der Waals surface area contributed by atoms with E-state index in [1.165, 1.54) is 6.07 Å². The zero-order chi connectivity index (χ0) is 13.1. The van der Waals surface area contributed by atoms with E-state index in [0.717, 1.165) is 18.9 Å². The molecule has 0 radical (unpaired) electrons. The Morgan fingerprint density at radius 3 is 2.67 bits per heavy atom. The third kappa shape index (κ3) is 3.67. The molecule has 0 bridgehead atoms. The monoisotopic (exact) mass is 255 g/mol. The molecule has 0 amide bonds. The Morgan fingerprint density at radius 1 is 1.33 bits per heavy atom. The summed E-state index contributed by atoms with van der Waals surface area (Å²) < 4.78 is 32.4. The van der Waals surface area contributed by atoms with Gasteiger partial charge in [0, 0.05) is 24.2 Å². The molecule has 1 aromatic rings. The Hall–Kier alpha value is -1.16. The highest BCUT2D eigenvalue weighted by Crippen LogP contribution is 2.31. The minimum Gasteiger partial charge on any atom is -0.490 e. The van der Waals surface area contributed by atoms with Crippen LogP contribution >= 0.6 is 0 Å². The number of benzene rings is 1. The van der Waals surface area contributed by atoms with Crippen LogP contribution in [0.15, 0.2) is 12.1 Å². The van der Waals surface area contributed by atoms with Gasteiger partial charge in [-0.3, -0.25) is 0 Å². The molecule has 1 saturated carbocycles. The van der Waals surface area contributed by atoms with Gasteiger partial charge in [0.2, 0.25) is 0 Å². The number of rotatable bonds is 6. The molecule has 0 atom stereocenters. The molecule has 1 N–H and O–H groups in total. The van der Waals surface area contributed by atoms with Crippen molar-refractivity contribution in [2.24, 2.45) is 5.92 Å². The number of ether oxygens (including phenoxy) is 1. The fourth-order valence-electron chi connectivity index (χ4n) is 1.71. The molecule has 4 heteroatoms. The zero-order valence-electron chi connectivity index (χ0n) is 10.8. The van der Waals surface area contributed by atoms with Crippen LogP contribution in [0.2, 0.25) is 0 Å². The molecular weight excluding hydrogens is 236 g/mol. The summed E-state index contributed by atoms with van der Waals surface area (Å²) in [6.45, 7) is 4.91. The van der Waals surface area contributed by atoms with E-state index in [1.807, 2.05) is 13.8 Å². The van der Waals surface area contributed by atoms with Crippen molar-refractivity contribution in [2.45, 2.75) is 39.3 Å². The van der Waals surface area contributed by atoms with E-state index in [9.17, 15) is 8.78 Å². The van der Waals surface area contributed by atoms with Crippen LogP contribution in [0.3, 0.4) is 0 Å². The molecule has 0 unspecified atom stereocenters. The van der Waals surface area contributed by atoms with Crippen LogP contribution in [-0.4, -0.2) is 12.6 Å². The predicted octanol–water partition coefficient (Wildman–Crippen LogP) is 3.25. The number of nitrogens with one attached hydrogen (secondary N) is 1. The van der Waals surface area contributed by atoms with E-state index in [1.54, 1.807) is 0 Å². The van der Waals surface area contributed by atoms with Crippen molar-refractivity contribution in [1.29, 1.82) is 0 Å². The van der Waals surface area contributed by atoms with Crippen LogP contribution in [-0.2, 0) is 6.54 Å². The van der Waals surface area contributed by atoms with Crippen LogP contribution in [0.4, 0.5) is 8.78 Å². The largest absolute Gasteiger partial charge is 0.490 e. The Labute approximate surface area is 106 Å². The van der Waals surface area contributed by atoms with E-state index >= 15 is 0 Å². The van der Waals surface area contributed by atoms with Gasteiger partial charge in [-0.25, -0.2) is 8.78 Å². The van der Waals surface area contributed by atoms with Gasteiger partial charge in [0.05, 0.1) is 6.61 Å². The average molecular weight is 255 g/mol. The van der Waals surface area contributed by atoms with E-state index in [2.05, 4.69) is 5.32 Å². The third-order valence-electron chi connectivity index (χ3n) is 2.95. The molecule has 2 nitrogen and oxygen atoms in total. The molecule has 1 fully saturated rings. The molecule has 2 rings (SSSR count). The Bertz CT molecular complexity index is 417. The fourth-order valence-corrected chi connectivity index (χ4v) is 1.71. The maximum Gasteiger partial charge on any atom is 0.168 e. The molecule has 0 spiro atoms. The summed E-state index contributed by atoms with van der Waals surface area (Å²) in [6, 6.07) is 2.47. The second-order valence-electron chi connectivity index (χ2n) is 5.17. The smallest absolute Gasteiger partial charge is 0.168 e. The standard InChI is InChI=1S/C14H19F2NO/c1-9(2)17-7-11-5-12(15)6-13(16)14(11)18-8-10-3-4-10/h5-6,9-10,17H,3-4,7-8H2,1-2H3. The first-order valence-corrected chi connectivity index (χ1v) is 6.40. The maximum atomic E-state index is 13.7. The molecule has 0 aliphatic heterocycles. The highest BCUT2D eigenvalue weighted by molar-refractivity contribution is 5.35. The maximum absolute atomic E-state index is 13.7. The SMILES string of the molecule is CC(C)NCc1cc(F)cc(F)c1OCC1CC1. The van der Waals surface area contributed by atoms with Gasteiger partial charge in [0.25, 0.3) is 0 Å². The minimum absolute atomic E-state index is 0.191. The van der Waals surface area contributed by atoms with Gasteiger partial charge >= 0.3 is 0 Å². The molecule has 18 heavy (non-hydrogen) atoms. The molecular formula is C14H19F2NO. The molecule has 1 aliphatic rings. The molecule has 1 aromatic carbocycles. The minimum atomic E-state index is -0.615. The lowest BCUT2D eigenvalue weighted by Crippen LogP contribution is -2.22. The summed E-state index contributed by atoms with van der Waals surface area (Å²) in [7, 11) is 0. The molecule has 0 heterocycles. The van der Waals surface area contributed by atoms with Crippen LogP contribution < -0.4 is 10.1 Å². The highest BCUT2D eigenvalue weighted by Gasteiger charge is 2.23. The molecule has 0 aromatic heterocycles. The second kappa shape index (κ2) is 5.65. The molecule has 1 aliphatic carbocycles. The van der Waals surface area contributed by atoms with Crippen molar-refractivity contribution in [2.75, 3.05) is 6.61 Å². The van der Waals surface area contributed by atoms with Gasteiger partial charge in [0.1, 0.15) is 5.82 Å². The van der Waals surface area contributed by atoms with Crippen molar-refractivity contribution in [3.05, 3.63) is 29.3 Å². The summed E-state index contributed by atoms with van der Waals surface area (Å²) in [5, 5.41) is 3.15. The highest BCUT2D eigenvalue weighted by atomic mass is 19.1. The summed E-state index contributed by atoms with van der Waals surface area (Å²) >= 11 is 0. The van der Waals surface area contributed by atoms with Gasteiger partial charge in [-0.15, -0.1) is 0 Å². The third-order valence-corrected chi connectivity index (χ3v) is 2.95. The molecule has 100 valence electrons. The normalized spacial score (nSPS) is 15.2. The van der Waals surface area contributed by atoms with E-state index in [-0.39, 0.29) is 11.8 Å². The van der Waals surface area contributed by atoms with Crippen LogP contribution in [0.1, 0.15) is 32.3 Å². The van der Waals surface area contributed by atoms with Crippen molar-refractivity contribution < 1.29 is 13.5 Å². The van der Waals surface area contributed by atoms with E-state index in [0.29, 0.717) is 24.6 Å². The quantitative estimate of drug-likeness (QED) is 0.842. The number of hydrogen-bond donors (Lipinski definition) is 1. The Morgan fingerprint density at radius 2 is 2.06 bits per heavy atom. The van der Waals surface area contributed by atoms with Crippen LogP contribution in [0.25, 0.3) is 0 Å². The number of halogens is 2. The van der Waals surface area contributed by atoms with E-state index < -0.39 is 11.6 Å². The van der Waals surface area contributed by atoms with Crippen LogP contribution in [0, 0.1) is 17.6 Å². The first-order chi connectivity index (χ1) is 8.56. The van der Waals surface area contributed by atoms with Gasteiger partial charge in [-0.2, -0.15) is 0 Å². The topological polar surface area (TPSA) is 21.3 Å². The van der Waals surface area contributed by atoms with Crippen molar-refractivity contribution in [1.82, 2.24) is 5.32 Å². The summed E-state index contributed by atoms with van der Waals surface area (Å²) in [5.74, 6) is -0.445. The lowest BCUT2D eigenvalue weighted by atomic mass is 10.1.